The van der Waals surface area contributed by atoms with Gasteiger partial charge in [-0.05, 0) is 44.6 Å². The Morgan fingerprint density at radius 2 is 1.29 bits per heavy atom. The number of allylic oxidation sites excluding steroid dienone is 2. The van der Waals surface area contributed by atoms with E-state index in [0.717, 1.165) is 5.92 Å². The highest BCUT2D eigenvalue weighted by atomic mass is 14.2. The fourth-order valence-corrected chi connectivity index (χ4v) is 2.23. The highest BCUT2D eigenvalue weighted by molar-refractivity contribution is 5.26. The SMILES string of the molecule is C.CC.CC.CC.CC1=CCCC(c2ccc(C)cc2)C1. The summed E-state index contributed by atoms with van der Waals surface area (Å²) in [6.45, 7) is 16.4. The summed E-state index contributed by atoms with van der Waals surface area (Å²) in [5.74, 6) is 0.764. The zero-order chi connectivity index (χ0) is 16.0. The van der Waals surface area contributed by atoms with Crippen molar-refractivity contribution in [2.75, 3.05) is 0 Å². The standard InChI is InChI=1S/C14H18.3C2H6.CH4/c1-11-6-8-13(9-7-11)14-5-3-4-12(2)10-14;3*1-2;/h4,6-9,14H,3,5,10H2,1-2H3;3*1-2H3;1H4. The number of hydrogen-bond acceptors (Lipinski definition) is 0. The van der Waals surface area contributed by atoms with Gasteiger partial charge in [-0.1, -0.05) is 90.4 Å². The molecule has 0 aromatic heterocycles. The fraction of sp³-hybridized carbons (Fsp3) is 0.619. The van der Waals surface area contributed by atoms with Gasteiger partial charge < -0.3 is 0 Å². The van der Waals surface area contributed by atoms with E-state index in [1.54, 1.807) is 5.57 Å². The molecule has 1 aromatic carbocycles. The van der Waals surface area contributed by atoms with Crippen LogP contribution >= 0.6 is 0 Å². The van der Waals surface area contributed by atoms with Crippen LogP contribution in [0.5, 0.6) is 0 Å². The molecule has 1 aromatic rings. The fourth-order valence-electron chi connectivity index (χ4n) is 2.23. The van der Waals surface area contributed by atoms with Crippen molar-refractivity contribution in [3.8, 4) is 0 Å². The van der Waals surface area contributed by atoms with Crippen LogP contribution in [0.3, 0.4) is 0 Å². The maximum absolute atomic E-state index is 2.38. The van der Waals surface area contributed by atoms with Crippen LogP contribution in [0, 0.1) is 6.92 Å². The minimum Gasteiger partial charge on any atom is -0.0856 e. The summed E-state index contributed by atoms with van der Waals surface area (Å²) in [7, 11) is 0. The van der Waals surface area contributed by atoms with Gasteiger partial charge in [-0.2, -0.15) is 0 Å². The summed E-state index contributed by atoms with van der Waals surface area (Å²) < 4.78 is 0. The molecule has 0 saturated carbocycles. The third kappa shape index (κ3) is 10.3. The van der Waals surface area contributed by atoms with Gasteiger partial charge in [0.05, 0.1) is 0 Å². The van der Waals surface area contributed by atoms with Gasteiger partial charge in [0.2, 0.25) is 0 Å². The van der Waals surface area contributed by atoms with E-state index >= 15 is 0 Å². The monoisotopic (exact) mass is 292 g/mol. The first-order valence-electron chi connectivity index (χ1n) is 8.48. The lowest BCUT2D eigenvalue weighted by Crippen LogP contribution is -2.03. The number of rotatable bonds is 1. The number of benzene rings is 1. The predicted octanol–water partition coefficient (Wildman–Crippen LogP) is 7.92. The van der Waals surface area contributed by atoms with E-state index < -0.39 is 0 Å². The average molecular weight is 293 g/mol. The molecular formula is C21H40. The smallest absolute Gasteiger partial charge is 0.0122 e. The van der Waals surface area contributed by atoms with Crippen LogP contribution in [0.1, 0.15) is 92.2 Å². The minimum atomic E-state index is 0. The summed E-state index contributed by atoms with van der Waals surface area (Å²) in [5.41, 5.74) is 4.43. The summed E-state index contributed by atoms with van der Waals surface area (Å²) in [6, 6.07) is 9.03. The minimum absolute atomic E-state index is 0. The van der Waals surface area contributed by atoms with E-state index in [1.165, 1.54) is 30.4 Å². The second-order valence-corrected chi connectivity index (χ2v) is 4.44. The molecule has 21 heavy (non-hydrogen) atoms. The molecule has 1 aliphatic carbocycles. The van der Waals surface area contributed by atoms with Crippen molar-refractivity contribution < 1.29 is 0 Å². The molecule has 0 spiro atoms. The Bertz CT molecular complexity index is 330. The lowest BCUT2D eigenvalue weighted by Gasteiger charge is -2.21. The van der Waals surface area contributed by atoms with Gasteiger partial charge in [0.1, 0.15) is 0 Å². The van der Waals surface area contributed by atoms with Gasteiger partial charge in [0.25, 0.3) is 0 Å². The van der Waals surface area contributed by atoms with Gasteiger partial charge in [-0.25, -0.2) is 0 Å². The molecule has 124 valence electrons. The second-order valence-electron chi connectivity index (χ2n) is 4.44. The summed E-state index contributed by atoms with van der Waals surface area (Å²) in [5, 5.41) is 0. The van der Waals surface area contributed by atoms with Gasteiger partial charge in [-0.3, -0.25) is 0 Å². The van der Waals surface area contributed by atoms with Crippen molar-refractivity contribution in [1.82, 2.24) is 0 Å². The molecule has 0 nitrogen and oxygen atoms in total. The van der Waals surface area contributed by atoms with Crippen LogP contribution < -0.4 is 0 Å². The lowest BCUT2D eigenvalue weighted by atomic mass is 9.84. The maximum atomic E-state index is 2.38. The van der Waals surface area contributed by atoms with Crippen LogP contribution in [-0.4, -0.2) is 0 Å². The normalized spacial score (nSPS) is 15.4. The molecule has 0 saturated heterocycles. The molecule has 1 atom stereocenters. The van der Waals surface area contributed by atoms with Gasteiger partial charge in [-0.15, -0.1) is 0 Å². The van der Waals surface area contributed by atoms with Crippen molar-refractivity contribution in [2.45, 2.75) is 88.0 Å². The number of hydrogen-bond donors (Lipinski definition) is 0. The van der Waals surface area contributed by atoms with Crippen LogP contribution in [0.4, 0.5) is 0 Å². The Morgan fingerprint density at radius 3 is 1.71 bits per heavy atom. The largest absolute Gasteiger partial charge is 0.0856 e. The molecular weight excluding hydrogens is 252 g/mol. The van der Waals surface area contributed by atoms with Crippen LogP contribution in [0.15, 0.2) is 35.9 Å². The molecule has 0 heterocycles. The first kappa shape index (κ1) is 24.9. The summed E-state index contributed by atoms with van der Waals surface area (Å²) in [6.07, 6.45) is 6.21. The highest BCUT2D eigenvalue weighted by Gasteiger charge is 2.14. The Hall–Kier alpha value is -1.04. The van der Waals surface area contributed by atoms with E-state index in [4.69, 9.17) is 0 Å². The Labute approximate surface area is 135 Å². The third-order valence-corrected chi connectivity index (χ3v) is 3.13. The van der Waals surface area contributed by atoms with E-state index in [2.05, 4.69) is 44.2 Å². The topological polar surface area (TPSA) is 0 Å². The quantitative estimate of drug-likeness (QED) is 0.461. The molecule has 1 aliphatic rings. The molecule has 1 unspecified atom stereocenters. The van der Waals surface area contributed by atoms with Crippen LogP contribution in [0.2, 0.25) is 0 Å². The van der Waals surface area contributed by atoms with E-state index in [-0.39, 0.29) is 7.43 Å². The molecule has 0 radical (unpaired) electrons. The zero-order valence-electron chi connectivity index (χ0n) is 15.1. The lowest BCUT2D eigenvalue weighted by molar-refractivity contribution is 0.596. The zero-order valence-corrected chi connectivity index (χ0v) is 15.1. The Morgan fingerprint density at radius 1 is 0.810 bits per heavy atom. The van der Waals surface area contributed by atoms with Crippen molar-refractivity contribution in [3.63, 3.8) is 0 Å². The van der Waals surface area contributed by atoms with E-state index in [0.29, 0.717) is 0 Å². The average Bonchev–Trinajstić information content (AvgIpc) is 2.54. The first-order valence-corrected chi connectivity index (χ1v) is 8.48. The third-order valence-electron chi connectivity index (χ3n) is 3.13. The molecule has 0 amide bonds. The van der Waals surface area contributed by atoms with Crippen molar-refractivity contribution in [2.24, 2.45) is 0 Å². The highest BCUT2D eigenvalue weighted by Crippen LogP contribution is 2.32. The predicted molar refractivity (Wildman–Crippen MR) is 102 cm³/mol. The Kier molecular flexibility index (Phi) is 20.2. The summed E-state index contributed by atoms with van der Waals surface area (Å²) >= 11 is 0. The summed E-state index contributed by atoms with van der Waals surface area (Å²) in [4.78, 5) is 0. The van der Waals surface area contributed by atoms with Gasteiger partial charge in [0.15, 0.2) is 0 Å². The number of aryl methyl sites for hydroxylation is 1. The van der Waals surface area contributed by atoms with Crippen molar-refractivity contribution in [1.29, 1.82) is 0 Å². The molecule has 0 aliphatic heterocycles. The molecule has 0 heteroatoms. The van der Waals surface area contributed by atoms with Crippen LogP contribution in [-0.2, 0) is 0 Å². The molecule has 0 bridgehead atoms. The van der Waals surface area contributed by atoms with Crippen molar-refractivity contribution in [3.05, 3.63) is 47.0 Å². The van der Waals surface area contributed by atoms with E-state index in [9.17, 15) is 0 Å². The second kappa shape index (κ2) is 17.0. The maximum Gasteiger partial charge on any atom is -0.0122 e. The molecule has 0 N–H and O–H groups in total. The molecule has 0 fully saturated rings. The van der Waals surface area contributed by atoms with E-state index in [1.807, 2.05) is 41.5 Å². The van der Waals surface area contributed by atoms with Crippen molar-refractivity contribution >= 4 is 0 Å². The van der Waals surface area contributed by atoms with Crippen LogP contribution in [0.25, 0.3) is 0 Å². The first-order chi connectivity index (χ1) is 9.75. The van der Waals surface area contributed by atoms with Gasteiger partial charge >= 0.3 is 0 Å². The molecule has 2 rings (SSSR count). The Balaban J connectivity index is -0.000000414. The van der Waals surface area contributed by atoms with Gasteiger partial charge in [0, 0.05) is 0 Å².